The van der Waals surface area contributed by atoms with Crippen molar-refractivity contribution >= 4 is 39.0 Å². The highest BCUT2D eigenvalue weighted by molar-refractivity contribution is 9.10. The van der Waals surface area contributed by atoms with Gasteiger partial charge in [0.15, 0.2) is 0 Å². The number of pyridine rings is 1. The summed E-state index contributed by atoms with van der Waals surface area (Å²) in [6.07, 6.45) is 1.75. The van der Waals surface area contributed by atoms with Gasteiger partial charge in [-0.2, -0.15) is 0 Å². The summed E-state index contributed by atoms with van der Waals surface area (Å²) in [5.41, 5.74) is 2.07. The smallest absolute Gasteiger partial charge is 0.144 e. The van der Waals surface area contributed by atoms with Crippen LogP contribution in [0.1, 0.15) is 5.56 Å². The molecular weight excluding hydrogens is 288 g/mol. The van der Waals surface area contributed by atoms with Gasteiger partial charge in [0, 0.05) is 17.8 Å². The summed E-state index contributed by atoms with van der Waals surface area (Å²) in [5, 5.41) is 3.23. The Hall–Kier alpha value is -1.06. The fraction of sp³-hybridized carbons (Fsp3) is 0.0833. The molecule has 0 aliphatic rings. The largest absolute Gasteiger partial charge is 0.339 e. The molecule has 1 heterocycles. The van der Waals surface area contributed by atoms with Gasteiger partial charge in [0.2, 0.25) is 0 Å². The lowest BCUT2D eigenvalue weighted by Gasteiger charge is -2.07. The second-order valence-electron chi connectivity index (χ2n) is 3.29. The number of hydrogen-bond acceptors (Lipinski definition) is 2. The third-order valence-electron chi connectivity index (χ3n) is 2.10. The highest BCUT2D eigenvalue weighted by Gasteiger charge is 2.00. The Kier molecular flexibility index (Phi) is 3.80. The van der Waals surface area contributed by atoms with Gasteiger partial charge in [-0.15, -0.1) is 11.6 Å². The molecule has 1 N–H and O–H groups in total. The van der Waals surface area contributed by atoms with Gasteiger partial charge in [-0.05, 0) is 45.8 Å². The predicted molar refractivity (Wildman–Crippen MR) is 71.2 cm³/mol. The van der Waals surface area contributed by atoms with E-state index in [1.807, 2.05) is 36.4 Å². The van der Waals surface area contributed by atoms with E-state index in [0.717, 1.165) is 21.5 Å². The van der Waals surface area contributed by atoms with Gasteiger partial charge < -0.3 is 5.32 Å². The number of alkyl halides is 1. The van der Waals surface area contributed by atoms with Crippen molar-refractivity contribution in [3.05, 3.63) is 52.6 Å². The summed E-state index contributed by atoms with van der Waals surface area (Å²) in [6.45, 7) is 0. The number of nitrogens with zero attached hydrogens (tertiary/aromatic N) is 1. The molecule has 0 fully saturated rings. The first kappa shape index (κ1) is 11.4. The van der Waals surface area contributed by atoms with Crippen LogP contribution in [0.2, 0.25) is 0 Å². The third-order valence-corrected chi connectivity index (χ3v) is 3.05. The molecule has 2 nitrogen and oxygen atoms in total. The van der Waals surface area contributed by atoms with Crippen LogP contribution in [-0.4, -0.2) is 4.98 Å². The minimum atomic E-state index is 0.513. The Labute approximate surface area is 108 Å². The maximum absolute atomic E-state index is 5.78. The van der Waals surface area contributed by atoms with Crippen molar-refractivity contribution in [1.29, 1.82) is 0 Å². The fourth-order valence-electron chi connectivity index (χ4n) is 1.35. The van der Waals surface area contributed by atoms with Crippen molar-refractivity contribution in [2.24, 2.45) is 0 Å². The predicted octanol–water partition coefficient (Wildman–Crippen LogP) is 4.33. The molecule has 2 rings (SSSR count). The van der Waals surface area contributed by atoms with Crippen LogP contribution < -0.4 is 5.32 Å². The topological polar surface area (TPSA) is 24.9 Å². The summed E-state index contributed by atoms with van der Waals surface area (Å²) in [4.78, 5) is 4.24. The van der Waals surface area contributed by atoms with Crippen molar-refractivity contribution in [2.75, 3.05) is 5.32 Å². The van der Waals surface area contributed by atoms with E-state index in [-0.39, 0.29) is 0 Å². The van der Waals surface area contributed by atoms with Crippen LogP contribution >= 0.6 is 27.5 Å². The third kappa shape index (κ3) is 2.74. The molecule has 0 unspecified atom stereocenters. The Morgan fingerprint density at radius 2 is 2.12 bits per heavy atom. The first-order valence-corrected chi connectivity index (χ1v) is 6.15. The molecule has 0 atom stereocenters. The second-order valence-corrected chi connectivity index (χ2v) is 4.41. The van der Waals surface area contributed by atoms with Crippen LogP contribution in [0.25, 0.3) is 0 Å². The molecule has 0 saturated carbocycles. The summed E-state index contributed by atoms with van der Waals surface area (Å²) >= 11 is 9.22. The van der Waals surface area contributed by atoms with E-state index in [9.17, 15) is 0 Å². The number of hydrogen-bond donors (Lipinski definition) is 1. The van der Waals surface area contributed by atoms with Crippen LogP contribution in [0, 0.1) is 0 Å². The lowest BCUT2D eigenvalue weighted by Crippen LogP contribution is -1.94. The molecule has 0 spiro atoms. The zero-order valence-corrected chi connectivity index (χ0v) is 10.8. The Morgan fingerprint density at radius 1 is 1.25 bits per heavy atom. The average Bonchev–Trinajstić information content (AvgIpc) is 2.32. The standard InChI is InChI=1S/C12H10BrClN2/c13-11-5-2-6-15-12(11)16-10-4-1-3-9(7-10)8-14/h1-7H,8H2,(H,15,16). The van der Waals surface area contributed by atoms with E-state index in [4.69, 9.17) is 11.6 Å². The number of halogens is 2. The Bertz CT molecular complexity index is 488. The van der Waals surface area contributed by atoms with E-state index in [0.29, 0.717) is 5.88 Å². The summed E-state index contributed by atoms with van der Waals surface area (Å²) in [6, 6.07) is 11.8. The van der Waals surface area contributed by atoms with Crippen LogP contribution in [0.5, 0.6) is 0 Å². The highest BCUT2D eigenvalue weighted by Crippen LogP contribution is 2.23. The van der Waals surface area contributed by atoms with Gasteiger partial charge >= 0.3 is 0 Å². The first-order valence-electron chi connectivity index (χ1n) is 4.82. The molecule has 0 amide bonds. The fourth-order valence-corrected chi connectivity index (χ4v) is 1.87. The molecule has 0 radical (unpaired) electrons. The van der Waals surface area contributed by atoms with E-state index in [1.54, 1.807) is 6.20 Å². The van der Waals surface area contributed by atoms with Gasteiger partial charge in [0.05, 0.1) is 4.47 Å². The second kappa shape index (κ2) is 5.32. The lowest BCUT2D eigenvalue weighted by molar-refractivity contribution is 1.28. The molecule has 4 heteroatoms. The van der Waals surface area contributed by atoms with E-state index < -0.39 is 0 Å². The van der Waals surface area contributed by atoms with Gasteiger partial charge in [-0.1, -0.05) is 12.1 Å². The Balaban J connectivity index is 2.24. The number of rotatable bonds is 3. The van der Waals surface area contributed by atoms with Crippen molar-refractivity contribution in [3.8, 4) is 0 Å². The van der Waals surface area contributed by atoms with Crippen molar-refractivity contribution in [2.45, 2.75) is 5.88 Å². The average molecular weight is 298 g/mol. The van der Waals surface area contributed by atoms with Crippen LogP contribution in [-0.2, 0) is 5.88 Å². The van der Waals surface area contributed by atoms with E-state index in [1.165, 1.54) is 0 Å². The monoisotopic (exact) mass is 296 g/mol. The van der Waals surface area contributed by atoms with Crippen molar-refractivity contribution in [3.63, 3.8) is 0 Å². The number of benzene rings is 1. The molecule has 0 bridgehead atoms. The number of aromatic nitrogens is 1. The maximum atomic E-state index is 5.78. The van der Waals surface area contributed by atoms with E-state index in [2.05, 4.69) is 26.2 Å². The van der Waals surface area contributed by atoms with Crippen molar-refractivity contribution in [1.82, 2.24) is 4.98 Å². The van der Waals surface area contributed by atoms with Crippen LogP contribution in [0.15, 0.2) is 47.1 Å². The zero-order chi connectivity index (χ0) is 11.4. The van der Waals surface area contributed by atoms with Crippen molar-refractivity contribution < 1.29 is 0 Å². The molecule has 82 valence electrons. The van der Waals surface area contributed by atoms with Gasteiger partial charge in [0.1, 0.15) is 5.82 Å². The SMILES string of the molecule is ClCc1cccc(Nc2ncccc2Br)c1. The quantitative estimate of drug-likeness (QED) is 0.853. The molecule has 1 aromatic heterocycles. The zero-order valence-electron chi connectivity index (χ0n) is 8.45. The maximum Gasteiger partial charge on any atom is 0.144 e. The first-order chi connectivity index (χ1) is 7.79. The van der Waals surface area contributed by atoms with Gasteiger partial charge in [0.25, 0.3) is 0 Å². The molecule has 0 saturated heterocycles. The van der Waals surface area contributed by atoms with Gasteiger partial charge in [-0.25, -0.2) is 4.98 Å². The van der Waals surface area contributed by atoms with Crippen LogP contribution in [0.4, 0.5) is 11.5 Å². The lowest BCUT2D eigenvalue weighted by atomic mass is 10.2. The highest BCUT2D eigenvalue weighted by atomic mass is 79.9. The summed E-state index contributed by atoms with van der Waals surface area (Å²) in [7, 11) is 0. The van der Waals surface area contributed by atoms with E-state index >= 15 is 0 Å². The minimum absolute atomic E-state index is 0.513. The Morgan fingerprint density at radius 3 is 2.88 bits per heavy atom. The normalized spacial score (nSPS) is 10.1. The van der Waals surface area contributed by atoms with Gasteiger partial charge in [-0.3, -0.25) is 0 Å². The van der Waals surface area contributed by atoms with Crippen LogP contribution in [0.3, 0.4) is 0 Å². The molecule has 16 heavy (non-hydrogen) atoms. The molecular formula is C12H10BrClN2. The molecule has 0 aliphatic heterocycles. The minimum Gasteiger partial charge on any atom is -0.339 e. The number of nitrogens with one attached hydrogen (secondary N) is 1. The molecule has 1 aromatic carbocycles. The summed E-state index contributed by atoms with van der Waals surface area (Å²) in [5.74, 6) is 1.31. The molecule has 2 aromatic rings. The number of anilines is 2. The summed E-state index contributed by atoms with van der Waals surface area (Å²) < 4.78 is 0.936. The molecule has 0 aliphatic carbocycles.